The van der Waals surface area contributed by atoms with Gasteiger partial charge in [0.15, 0.2) is 0 Å². The highest BCUT2D eigenvalue weighted by molar-refractivity contribution is 5.93. The molecular weight excluding hydrogens is 428 g/mol. The van der Waals surface area contributed by atoms with E-state index in [1.165, 1.54) is 0 Å². The van der Waals surface area contributed by atoms with Crippen LogP contribution in [0, 0.1) is 0 Å². The first-order chi connectivity index (χ1) is 16.4. The summed E-state index contributed by atoms with van der Waals surface area (Å²) < 4.78 is 10.6. The standard InChI is InChI=1S/C28H36N2O4/c1-7-19-21(9-3)25(27(31)33-11-5)29-23(19)17-14-13-15-18(16-17)24-20(8-2)22(10-4)26(30-24)28(32)34-12-6/h13-16,29-30H,7-12H2,1-6H3. The zero-order valence-corrected chi connectivity index (χ0v) is 21.2. The molecule has 3 rings (SSSR count). The number of carbonyl (C=O) groups is 2. The molecule has 0 bridgehead atoms. The molecule has 2 heterocycles. The van der Waals surface area contributed by atoms with Crippen molar-refractivity contribution in [3.63, 3.8) is 0 Å². The molecule has 0 saturated heterocycles. The van der Waals surface area contributed by atoms with Gasteiger partial charge in [-0.15, -0.1) is 0 Å². The van der Waals surface area contributed by atoms with Crippen molar-refractivity contribution in [2.45, 2.75) is 67.2 Å². The van der Waals surface area contributed by atoms with Crippen LogP contribution in [-0.4, -0.2) is 35.1 Å². The number of benzene rings is 1. The van der Waals surface area contributed by atoms with Crippen molar-refractivity contribution < 1.29 is 19.1 Å². The second-order valence-corrected chi connectivity index (χ2v) is 8.10. The Kier molecular flexibility index (Phi) is 8.37. The molecule has 0 aliphatic carbocycles. The molecular formula is C28H36N2O4. The lowest BCUT2D eigenvalue weighted by molar-refractivity contribution is 0.0509. The van der Waals surface area contributed by atoms with Crippen LogP contribution in [0.4, 0.5) is 0 Å². The van der Waals surface area contributed by atoms with Gasteiger partial charge in [-0.3, -0.25) is 0 Å². The molecule has 0 spiro atoms. The SMILES string of the molecule is CCOC(=O)c1[nH]c(-c2cccc(-c3[nH]c(C(=O)OCC)c(CC)c3CC)c2)c(CC)c1CC. The van der Waals surface area contributed by atoms with E-state index in [1.54, 1.807) is 0 Å². The van der Waals surface area contributed by atoms with Crippen LogP contribution < -0.4 is 0 Å². The van der Waals surface area contributed by atoms with E-state index in [2.05, 4.69) is 43.7 Å². The summed E-state index contributed by atoms with van der Waals surface area (Å²) in [6.07, 6.45) is 3.09. The fourth-order valence-electron chi connectivity index (χ4n) is 4.79. The summed E-state index contributed by atoms with van der Waals surface area (Å²) in [5.41, 5.74) is 9.21. The highest BCUT2D eigenvalue weighted by atomic mass is 16.5. The van der Waals surface area contributed by atoms with E-state index in [9.17, 15) is 9.59 Å². The van der Waals surface area contributed by atoms with Crippen LogP contribution in [0.3, 0.4) is 0 Å². The monoisotopic (exact) mass is 464 g/mol. The van der Waals surface area contributed by atoms with Crippen molar-refractivity contribution >= 4 is 11.9 Å². The van der Waals surface area contributed by atoms with Gasteiger partial charge in [-0.05, 0) is 79.0 Å². The van der Waals surface area contributed by atoms with Crippen molar-refractivity contribution in [2.75, 3.05) is 13.2 Å². The van der Waals surface area contributed by atoms with Crippen molar-refractivity contribution in [3.8, 4) is 22.5 Å². The lowest BCUT2D eigenvalue weighted by Gasteiger charge is -2.08. The van der Waals surface area contributed by atoms with Crippen molar-refractivity contribution in [2.24, 2.45) is 0 Å². The fraction of sp³-hybridized carbons (Fsp3) is 0.429. The largest absolute Gasteiger partial charge is 0.461 e. The number of hydrogen-bond acceptors (Lipinski definition) is 4. The minimum absolute atomic E-state index is 0.319. The van der Waals surface area contributed by atoms with Crippen LogP contribution >= 0.6 is 0 Å². The Bertz CT molecular complexity index is 1080. The van der Waals surface area contributed by atoms with Gasteiger partial charge in [0.25, 0.3) is 0 Å². The molecule has 0 aliphatic rings. The number of aromatic nitrogens is 2. The maximum Gasteiger partial charge on any atom is 0.355 e. The van der Waals surface area contributed by atoms with Gasteiger partial charge in [0, 0.05) is 11.4 Å². The van der Waals surface area contributed by atoms with E-state index in [0.29, 0.717) is 24.6 Å². The predicted octanol–water partition coefficient (Wildman–Crippen LogP) is 6.28. The third-order valence-electron chi connectivity index (χ3n) is 6.25. The molecule has 0 saturated carbocycles. The van der Waals surface area contributed by atoms with E-state index < -0.39 is 0 Å². The molecule has 3 aromatic rings. The Morgan fingerprint density at radius 1 is 0.647 bits per heavy atom. The van der Waals surface area contributed by atoms with Gasteiger partial charge in [0.05, 0.1) is 13.2 Å². The smallest absolute Gasteiger partial charge is 0.355 e. The highest BCUT2D eigenvalue weighted by Crippen LogP contribution is 2.35. The molecule has 0 radical (unpaired) electrons. The van der Waals surface area contributed by atoms with Crippen LogP contribution in [0.25, 0.3) is 22.5 Å². The van der Waals surface area contributed by atoms with E-state index in [0.717, 1.165) is 70.5 Å². The lowest BCUT2D eigenvalue weighted by atomic mass is 9.96. The minimum Gasteiger partial charge on any atom is -0.461 e. The summed E-state index contributed by atoms with van der Waals surface area (Å²) in [6, 6.07) is 8.21. The average Bonchev–Trinajstić information content (AvgIpc) is 3.42. The third kappa shape index (κ3) is 4.67. The van der Waals surface area contributed by atoms with Crippen LogP contribution in [0.5, 0.6) is 0 Å². The third-order valence-corrected chi connectivity index (χ3v) is 6.25. The Hall–Kier alpha value is -3.28. The number of ether oxygens (including phenoxy) is 2. The number of hydrogen-bond donors (Lipinski definition) is 2. The molecule has 1 aromatic carbocycles. The van der Waals surface area contributed by atoms with Crippen molar-refractivity contribution in [3.05, 3.63) is 57.9 Å². The van der Waals surface area contributed by atoms with Gasteiger partial charge in [-0.25, -0.2) is 9.59 Å². The van der Waals surface area contributed by atoms with E-state index in [4.69, 9.17) is 9.47 Å². The summed E-state index contributed by atoms with van der Waals surface area (Å²) in [4.78, 5) is 31.9. The van der Waals surface area contributed by atoms with Crippen molar-refractivity contribution in [1.82, 2.24) is 9.97 Å². The van der Waals surface area contributed by atoms with E-state index in [-0.39, 0.29) is 11.9 Å². The first-order valence-electron chi connectivity index (χ1n) is 12.4. The van der Waals surface area contributed by atoms with E-state index in [1.807, 2.05) is 32.0 Å². The normalized spacial score (nSPS) is 11.0. The first-order valence-corrected chi connectivity index (χ1v) is 12.4. The first kappa shape index (κ1) is 25.3. The highest BCUT2D eigenvalue weighted by Gasteiger charge is 2.24. The van der Waals surface area contributed by atoms with Crippen LogP contribution in [0.15, 0.2) is 24.3 Å². The van der Waals surface area contributed by atoms with Gasteiger partial charge >= 0.3 is 11.9 Å². The number of rotatable bonds is 10. The maximum atomic E-state index is 12.6. The van der Waals surface area contributed by atoms with Crippen LogP contribution in [0.1, 0.15) is 84.8 Å². The van der Waals surface area contributed by atoms with Gasteiger partial charge in [0.2, 0.25) is 0 Å². The molecule has 0 unspecified atom stereocenters. The minimum atomic E-state index is -0.319. The zero-order valence-electron chi connectivity index (χ0n) is 21.2. The van der Waals surface area contributed by atoms with Gasteiger partial charge in [-0.1, -0.05) is 45.9 Å². The van der Waals surface area contributed by atoms with Gasteiger partial charge < -0.3 is 19.4 Å². The molecule has 2 N–H and O–H groups in total. The molecule has 182 valence electrons. The summed E-state index contributed by atoms with van der Waals surface area (Å²) in [5.74, 6) is -0.637. The zero-order chi connectivity index (χ0) is 24.8. The summed E-state index contributed by atoms with van der Waals surface area (Å²) in [6.45, 7) is 12.6. The lowest BCUT2D eigenvalue weighted by Crippen LogP contribution is -2.08. The molecule has 0 atom stereocenters. The quantitative estimate of drug-likeness (QED) is 0.346. The molecule has 6 nitrogen and oxygen atoms in total. The van der Waals surface area contributed by atoms with Gasteiger partial charge in [-0.2, -0.15) is 0 Å². The second kappa shape index (κ2) is 11.2. The number of H-pyrrole nitrogens is 2. The molecule has 2 aromatic heterocycles. The summed E-state index contributed by atoms with van der Waals surface area (Å²) in [7, 11) is 0. The number of carbonyl (C=O) groups excluding carboxylic acids is 2. The summed E-state index contributed by atoms with van der Waals surface area (Å²) >= 11 is 0. The number of nitrogens with one attached hydrogen (secondary N) is 2. The molecule has 34 heavy (non-hydrogen) atoms. The Morgan fingerprint density at radius 2 is 1.03 bits per heavy atom. The van der Waals surface area contributed by atoms with Crippen LogP contribution in [0.2, 0.25) is 0 Å². The molecule has 0 amide bonds. The van der Waals surface area contributed by atoms with Crippen molar-refractivity contribution in [1.29, 1.82) is 0 Å². The average molecular weight is 465 g/mol. The maximum absolute atomic E-state index is 12.6. The number of aromatic amines is 2. The predicted molar refractivity (Wildman–Crippen MR) is 135 cm³/mol. The van der Waals surface area contributed by atoms with Gasteiger partial charge in [0.1, 0.15) is 11.4 Å². The second-order valence-electron chi connectivity index (χ2n) is 8.10. The molecule has 6 heteroatoms. The Balaban J connectivity index is 2.16. The Labute approximate surface area is 202 Å². The number of esters is 2. The fourth-order valence-corrected chi connectivity index (χ4v) is 4.79. The molecule has 0 fully saturated rings. The molecule has 0 aliphatic heterocycles. The van der Waals surface area contributed by atoms with E-state index >= 15 is 0 Å². The topological polar surface area (TPSA) is 84.2 Å². The Morgan fingerprint density at radius 3 is 1.35 bits per heavy atom. The van der Waals surface area contributed by atoms with Crippen LogP contribution in [-0.2, 0) is 35.2 Å². The summed E-state index contributed by atoms with van der Waals surface area (Å²) in [5, 5.41) is 0.